The van der Waals surface area contributed by atoms with Crippen LogP contribution in [0.1, 0.15) is 12.8 Å². The topological polar surface area (TPSA) is 93.2 Å². The number of amides is 1. The molecule has 1 amide bonds. The number of aromatic nitrogens is 2. The van der Waals surface area contributed by atoms with Crippen molar-refractivity contribution in [2.75, 3.05) is 12.3 Å². The summed E-state index contributed by atoms with van der Waals surface area (Å²) in [5, 5.41) is 16.1. The highest BCUT2D eigenvalue weighted by Crippen LogP contribution is 2.32. The van der Waals surface area contributed by atoms with Gasteiger partial charge in [-0.3, -0.25) is 9.48 Å². The summed E-state index contributed by atoms with van der Waals surface area (Å²) in [4.78, 5) is 11.4. The van der Waals surface area contributed by atoms with Crippen molar-refractivity contribution in [1.29, 1.82) is 0 Å². The number of hydrogen-bond acceptors (Lipinski definition) is 4. The van der Waals surface area contributed by atoms with Crippen LogP contribution < -0.4 is 11.1 Å². The standard InChI is InChI=1S/C10H16N4O2/c11-8-3-13-14(5-8)6-10(16)12-4-9(15)7-1-2-7/h3,5,7,9,15H,1-2,4,6,11H2,(H,12,16). The number of aliphatic hydroxyl groups excluding tert-OH is 1. The Balaban J connectivity index is 1.71. The van der Waals surface area contributed by atoms with Gasteiger partial charge in [0.25, 0.3) is 0 Å². The van der Waals surface area contributed by atoms with E-state index in [1.54, 1.807) is 6.20 Å². The lowest BCUT2D eigenvalue weighted by Gasteiger charge is -2.10. The summed E-state index contributed by atoms with van der Waals surface area (Å²) in [7, 11) is 0. The number of carbonyl (C=O) groups excluding carboxylic acids is 1. The fourth-order valence-electron chi connectivity index (χ4n) is 1.54. The molecular weight excluding hydrogens is 208 g/mol. The molecule has 6 nitrogen and oxygen atoms in total. The highest BCUT2D eigenvalue weighted by Gasteiger charge is 2.29. The van der Waals surface area contributed by atoms with Gasteiger partial charge in [-0.05, 0) is 18.8 Å². The molecule has 1 unspecified atom stereocenters. The Bertz CT molecular complexity index is 373. The van der Waals surface area contributed by atoms with Gasteiger partial charge in [-0.15, -0.1) is 0 Å². The minimum atomic E-state index is -0.411. The zero-order chi connectivity index (χ0) is 11.5. The normalized spacial score (nSPS) is 17.1. The fourth-order valence-corrected chi connectivity index (χ4v) is 1.54. The summed E-state index contributed by atoms with van der Waals surface area (Å²) in [6, 6.07) is 0. The molecule has 0 bridgehead atoms. The van der Waals surface area contributed by atoms with E-state index in [9.17, 15) is 9.90 Å². The molecular formula is C10H16N4O2. The molecule has 4 N–H and O–H groups in total. The fraction of sp³-hybridized carbons (Fsp3) is 0.600. The second-order valence-electron chi connectivity index (χ2n) is 4.18. The van der Waals surface area contributed by atoms with E-state index in [1.807, 2.05) is 0 Å². The average Bonchev–Trinajstić information content (AvgIpc) is 3.01. The third kappa shape index (κ3) is 2.96. The smallest absolute Gasteiger partial charge is 0.241 e. The van der Waals surface area contributed by atoms with Crippen LogP contribution in [0.4, 0.5) is 5.69 Å². The largest absolute Gasteiger partial charge is 0.396 e. The first-order valence-electron chi connectivity index (χ1n) is 5.38. The minimum Gasteiger partial charge on any atom is -0.396 e. The summed E-state index contributed by atoms with van der Waals surface area (Å²) in [5.74, 6) is 0.212. The molecule has 1 aliphatic rings. The number of nitrogens with zero attached hydrogens (tertiary/aromatic N) is 2. The molecule has 2 rings (SSSR count). The van der Waals surface area contributed by atoms with Gasteiger partial charge in [0, 0.05) is 12.7 Å². The molecule has 0 radical (unpaired) electrons. The first-order chi connectivity index (χ1) is 7.65. The van der Waals surface area contributed by atoms with Crippen molar-refractivity contribution < 1.29 is 9.90 Å². The van der Waals surface area contributed by atoms with Gasteiger partial charge in [-0.25, -0.2) is 0 Å². The summed E-state index contributed by atoms with van der Waals surface area (Å²) in [6.07, 6.45) is 4.80. The second kappa shape index (κ2) is 4.52. The number of nitrogens with one attached hydrogen (secondary N) is 1. The number of nitrogens with two attached hydrogens (primary N) is 1. The Morgan fingerprint density at radius 2 is 2.50 bits per heavy atom. The van der Waals surface area contributed by atoms with E-state index < -0.39 is 6.10 Å². The first-order valence-corrected chi connectivity index (χ1v) is 5.38. The Morgan fingerprint density at radius 1 is 1.75 bits per heavy atom. The maximum absolute atomic E-state index is 11.4. The summed E-state index contributed by atoms with van der Waals surface area (Å²) >= 11 is 0. The quantitative estimate of drug-likeness (QED) is 0.619. The summed E-state index contributed by atoms with van der Waals surface area (Å²) in [6.45, 7) is 0.453. The number of aliphatic hydroxyl groups is 1. The van der Waals surface area contributed by atoms with E-state index in [0.717, 1.165) is 12.8 Å². The highest BCUT2D eigenvalue weighted by atomic mass is 16.3. The van der Waals surface area contributed by atoms with Crippen molar-refractivity contribution in [3.8, 4) is 0 Å². The maximum atomic E-state index is 11.4. The van der Waals surface area contributed by atoms with Crippen molar-refractivity contribution in [3.63, 3.8) is 0 Å². The number of carbonyl (C=O) groups is 1. The molecule has 0 spiro atoms. The lowest BCUT2D eigenvalue weighted by atomic mass is 10.2. The molecule has 16 heavy (non-hydrogen) atoms. The van der Waals surface area contributed by atoms with E-state index >= 15 is 0 Å². The van der Waals surface area contributed by atoms with Gasteiger partial charge < -0.3 is 16.2 Å². The van der Waals surface area contributed by atoms with E-state index in [-0.39, 0.29) is 12.5 Å². The van der Waals surface area contributed by atoms with Crippen LogP contribution in [-0.4, -0.2) is 33.4 Å². The van der Waals surface area contributed by atoms with Crippen LogP contribution in [0.5, 0.6) is 0 Å². The van der Waals surface area contributed by atoms with Crippen molar-refractivity contribution in [1.82, 2.24) is 15.1 Å². The zero-order valence-corrected chi connectivity index (χ0v) is 8.97. The average molecular weight is 224 g/mol. The van der Waals surface area contributed by atoms with Gasteiger partial charge in [0.1, 0.15) is 6.54 Å². The Hall–Kier alpha value is -1.56. The molecule has 1 aliphatic carbocycles. The minimum absolute atomic E-state index is 0.134. The van der Waals surface area contributed by atoms with Crippen LogP contribution >= 0.6 is 0 Å². The van der Waals surface area contributed by atoms with Crippen LogP contribution in [0.15, 0.2) is 12.4 Å². The number of anilines is 1. The number of nitrogen functional groups attached to an aromatic ring is 1. The SMILES string of the molecule is Nc1cnn(CC(=O)NCC(O)C2CC2)c1. The van der Waals surface area contributed by atoms with Crippen LogP contribution in [0.3, 0.4) is 0 Å². The molecule has 0 saturated heterocycles. The van der Waals surface area contributed by atoms with Crippen LogP contribution in [0.2, 0.25) is 0 Å². The molecule has 6 heteroatoms. The molecule has 88 valence electrons. The van der Waals surface area contributed by atoms with Gasteiger partial charge in [-0.1, -0.05) is 0 Å². The zero-order valence-electron chi connectivity index (χ0n) is 8.97. The van der Waals surface area contributed by atoms with Crippen molar-refractivity contribution >= 4 is 11.6 Å². The summed E-state index contributed by atoms with van der Waals surface area (Å²) < 4.78 is 1.47. The van der Waals surface area contributed by atoms with Crippen LogP contribution in [0, 0.1) is 5.92 Å². The van der Waals surface area contributed by atoms with Crippen molar-refractivity contribution in [2.45, 2.75) is 25.5 Å². The Morgan fingerprint density at radius 3 is 3.06 bits per heavy atom. The number of hydrogen-bond donors (Lipinski definition) is 3. The monoisotopic (exact) mass is 224 g/mol. The van der Waals surface area contributed by atoms with Gasteiger partial charge in [-0.2, -0.15) is 5.10 Å². The predicted octanol–water partition coefficient (Wildman–Crippen LogP) is -0.648. The molecule has 1 heterocycles. The van der Waals surface area contributed by atoms with Gasteiger partial charge in [0.05, 0.1) is 18.0 Å². The molecule has 0 aromatic carbocycles. The van der Waals surface area contributed by atoms with Crippen LogP contribution in [-0.2, 0) is 11.3 Å². The Labute approximate surface area is 93.4 Å². The first kappa shape index (κ1) is 10.9. The maximum Gasteiger partial charge on any atom is 0.241 e. The summed E-state index contributed by atoms with van der Waals surface area (Å²) in [5.41, 5.74) is 6.00. The highest BCUT2D eigenvalue weighted by molar-refractivity contribution is 5.75. The lowest BCUT2D eigenvalue weighted by molar-refractivity contribution is -0.122. The van der Waals surface area contributed by atoms with E-state index in [2.05, 4.69) is 10.4 Å². The predicted molar refractivity (Wildman–Crippen MR) is 58.4 cm³/mol. The molecule has 1 atom stereocenters. The van der Waals surface area contributed by atoms with Gasteiger partial charge in [0.15, 0.2) is 0 Å². The van der Waals surface area contributed by atoms with E-state index in [1.165, 1.54) is 10.9 Å². The van der Waals surface area contributed by atoms with E-state index in [0.29, 0.717) is 18.2 Å². The Kier molecular flexibility index (Phi) is 3.09. The lowest BCUT2D eigenvalue weighted by Crippen LogP contribution is -2.35. The molecule has 1 saturated carbocycles. The van der Waals surface area contributed by atoms with Crippen LogP contribution in [0.25, 0.3) is 0 Å². The molecule has 1 fully saturated rings. The number of rotatable bonds is 5. The molecule has 1 aromatic heterocycles. The third-order valence-electron chi connectivity index (χ3n) is 2.63. The molecule has 1 aromatic rings. The third-order valence-corrected chi connectivity index (χ3v) is 2.63. The van der Waals surface area contributed by atoms with Crippen molar-refractivity contribution in [2.24, 2.45) is 5.92 Å². The van der Waals surface area contributed by atoms with Gasteiger partial charge in [0.2, 0.25) is 5.91 Å². The second-order valence-corrected chi connectivity index (χ2v) is 4.18. The van der Waals surface area contributed by atoms with E-state index in [4.69, 9.17) is 5.73 Å². The van der Waals surface area contributed by atoms with Crippen molar-refractivity contribution in [3.05, 3.63) is 12.4 Å². The van der Waals surface area contributed by atoms with Gasteiger partial charge >= 0.3 is 0 Å². The molecule has 0 aliphatic heterocycles.